The van der Waals surface area contributed by atoms with Gasteiger partial charge >= 0.3 is 194 Å². The Bertz CT molecular complexity index is 1080. The molecule has 0 saturated carbocycles. The summed E-state index contributed by atoms with van der Waals surface area (Å²) in [6.07, 6.45) is 7.49. The fraction of sp³-hybridized carbons (Fsp3) is 0.200. The summed E-state index contributed by atoms with van der Waals surface area (Å²) in [4.78, 5) is 0. The van der Waals surface area contributed by atoms with Gasteiger partial charge < -0.3 is 0 Å². The van der Waals surface area contributed by atoms with Crippen LogP contribution in [0.15, 0.2) is 89.5 Å². The van der Waals surface area contributed by atoms with E-state index >= 15 is 0 Å². The molecule has 0 amide bonds. The van der Waals surface area contributed by atoms with Gasteiger partial charge in [-0.3, -0.25) is 0 Å². The van der Waals surface area contributed by atoms with Gasteiger partial charge in [0.05, 0.1) is 0 Å². The third-order valence-corrected chi connectivity index (χ3v) is 16.1. The van der Waals surface area contributed by atoms with E-state index < -0.39 is 21.1 Å². The summed E-state index contributed by atoms with van der Waals surface area (Å²) in [6.45, 7) is 4.45. The number of benzene rings is 2. The Kier molecular flexibility index (Phi) is 5.34. The summed E-state index contributed by atoms with van der Waals surface area (Å²) >= 11 is 8.52. The van der Waals surface area contributed by atoms with Gasteiger partial charge in [0.1, 0.15) is 0 Å². The van der Waals surface area contributed by atoms with Crippen molar-refractivity contribution in [1.82, 2.24) is 0 Å². The summed E-state index contributed by atoms with van der Waals surface area (Å²) < 4.78 is 16.7. The Morgan fingerprint density at radius 3 is 1.63 bits per heavy atom. The van der Waals surface area contributed by atoms with Gasteiger partial charge in [-0.25, -0.2) is 0 Å². The molecule has 0 spiro atoms. The van der Waals surface area contributed by atoms with Crippen molar-refractivity contribution in [3.63, 3.8) is 0 Å². The molecule has 152 valence electrons. The molecule has 0 unspecified atom stereocenters. The molecule has 2 aliphatic carbocycles. The van der Waals surface area contributed by atoms with Crippen LogP contribution in [0.1, 0.15) is 33.1 Å². The van der Waals surface area contributed by atoms with Crippen LogP contribution in [0.25, 0.3) is 0 Å². The van der Waals surface area contributed by atoms with E-state index in [4.69, 9.17) is 28.8 Å². The van der Waals surface area contributed by atoms with E-state index in [9.17, 15) is 0 Å². The maximum absolute atomic E-state index is 6.98. The standard InChI is InChI=1S/C13H14.2C6H5ClO.Zr/c1-10-5-3-7-12(10)9-13-8-4-6-11(13)2;2*7-5-2-1-3-6(8)4-5;/h7-8H,3-4,9H2,1-2H3;2*1-4,8H;/q;;;+2/p-2. The molecule has 3 aliphatic rings. The van der Waals surface area contributed by atoms with Gasteiger partial charge in [-0.15, -0.1) is 0 Å². The zero-order valence-corrected chi connectivity index (χ0v) is 20.9. The van der Waals surface area contributed by atoms with Crippen LogP contribution in [0.2, 0.25) is 10.0 Å². The first-order chi connectivity index (χ1) is 14.5. The van der Waals surface area contributed by atoms with Gasteiger partial charge in [0, 0.05) is 0 Å². The first kappa shape index (κ1) is 20.4. The second kappa shape index (κ2) is 7.86. The second-order valence-electron chi connectivity index (χ2n) is 7.99. The topological polar surface area (TPSA) is 18.5 Å². The van der Waals surface area contributed by atoms with E-state index in [1.807, 2.05) is 48.5 Å². The summed E-state index contributed by atoms with van der Waals surface area (Å²) in [5, 5.41) is 1.32. The van der Waals surface area contributed by atoms with Crippen LogP contribution >= 0.6 is 23.2 Å². The Morgan fingerprint density at radius 2 is 1.20 bits per heavy atom. The molecular weight excluding hydrogens is 494 g/mol. The SMILES string of the molecule is CC1=[C]2CC=C1CC1=CC[C](=C1C)[Zr]2([O]c1cccc(Cl)c1)[O]c1cccc(Cl)c1. The third-order valence-electron chi connectivity index (χ3n) is 6.26. The Hall–Kier alpha value is -1.54. The number of hydrogen-bond acceptors (Lipinski definition) is 2. The summed E-state index contributed by atoms with van der Waals surface area (Å²) in [7, 11) is 0. The van der Waals surface area contributed by atoms with Crippen LogP contribution in [-0.2, 0) is 21.1 Å². The summed E-state index contributed by atoms with van der Waals surface area (Å²) in [5.41, 5.74) is 5.49. The quantitative estimate of drug-likeness (QED) is 0.409. The second-order valence-corrected chi connectivity index (χ2v) is 15.9. The van der Waals surface area contributed by atoms with Gasteiger partial charge in [-0.05, 0) is 0 Å². The van der Waals surface area contributed by atoms with Gasteiger partial charge in [-0.2, -0.15) is 0 Å². The van der Waals surface area contributed by atoms with Gasteiger partial charge in [-0.1, -0.05) is 0 Å². The van der Waals surface area contributed by atoms with Crippen molar-refractivity contribution in [3.05, 3.63) is 99.6 Å². The average Bonchev–Trinajstić information content (AvgIpc) is 3.27. The monoisotopic (exact) mass is 514 g/mol. The number of rotatable bonds is 4. The predicted octanol–water partition coefficient (Wildman–Crippen LogP) is 8.05. The van der Waals surface area contributed by atoms with Crippen molar-refractivity contribution in [2.24, 2.45) is 0 Å². The van der Waals surface area contributed by atoms with Crippen molar-refractivity contribution >= 4 is 23.2 Å². The molecule has 1 heterocycles. The van der Waals surface area contributed by atoms with Crippen LogP contribution < -0.4 is 5.63 Å². The van der Waals surface area contributed by atoms with Crippen molar-refractivity contribution in [1.29, 1.82) is 0 Å². The van der Waals surface area contributed by atoms with Gasteiger partial charge in [0.15, 0.2) is 0 Å². The van der Waals surface area contributed by atoms with Crippen molar-refractivity contribution in [2.75, 3.05) is 0 Å². The van der Waals surface area contributed by atoms with Crippen LogP contribution in [0.4, 0.5) is 0 Å². The Labute approximate surface area is 193 Å². The third kappa shape index (κ3) is 3.46. The van der Waals surface area contributed by atoms with E-state index in [1.54, 1.807) is 0 Å². The molecule has 4 bridgehead atoms. The number of hydrogen-bond donors (Lipinski definition) is 0. The molecule has 1 aliphatic heterocycles. The Balaban J connectivity index is 1.72. The van der Waals surface area contributed by atoms with Crippen LogP contribution in [-0.4, -0.2) is 0 Å². The van der Waals surface area contributed by atoms with Gasteiger partial charge in [0.25, 0.3) is 0 Å². The van der Waals surface area contributed by atoms with Crippen LogP contribution in [0.3, 0.4) is 0 Å². The maximum atomic E-state index is 6.98. The van der Waals surface area contributed by atoms with E-state index in [-0.39, 0.29) is 0 Å². The molecule has 0 N–H and O–H groups in total. The molecule has 2 aromatic carbocycles. The number of allylic oxidation sites excluding steroid dienone is 8. The molecule has 5 rings (SSSR count). The van der Waals surface area contributed by atoms with E-state index in [0.717, 1.165) is 30.8 Å². The molecular formula is C25H22Cl2O2Zr. The van der Waals surface area contributed by atoms with Crippen molar-refractivity contribution < 1.29 is 26.8 Å². The minimum absolute atomic E-state index is 0.661. The molecule has 0 saturated heterocycles. The van der Waals surface area contributed by atoms with Gasteiger partial charge in [0.2, 0.25) is 0 Å². The number of halogens is 2. The molecule has 0 atom stereocenters. The molecule has 5 heteroatoms. The first-order valence-electron chi connectivity index (χ1n) is 10.1. The van der Waals surface area contributed by atoms with Crippen LogP contribution in [0.5, 0.6) is 11.5 Å². The Morgan fingerprint density at radius 1 is 0.733 bits per heavy atom. The van der Waals surface area contributed by atoms with E-state index in [1.165, 1.54) is 28.9 Å². The summed E-state index contributed by atoms with van der Waals surface area (Å²) in [5.74, 6) is 1.53. The molecule has 0 aromatic heterocycles. The summed E-state index contributed by atoms with van der Waals surface area (Å²) in [6, 6.07) is 15.3. The molecule has 30 heavy (non-hydrogen) atoms. The number of fused-ring (bicyclic) bond motifs is 2. The average molecular weight is 517 g/mol. The fourth-order valence-electron chi connectivity index (χ4n) is 4.67. The minimum atomic E-state index is -4.08. The molecule has 2 aromatic rings. The van der Waals surface area contributed by atoms with E-state index in [2.05, 4.69) is 26.0 Å². The van der Waals surface area contributed by atoms with Crippen LogP contribution in [0, 0.1) is 0 Å². The fourth-order valence-corrected chi connectivity index (χ4v) is 14.5. The van der Waals surface area contributed by atoms with E-state index in [0.29, 0.717) is 10.0 Å². The van der Waals surface area contributed by atoms with Crippen molar-refractivity contribution in [2.45, 2.75) is 33.1 Å². The predicted molar refractivity (Wildman–Crippen MR) is 120 cm³/mol. The molecule has 0 radical (unpaired) electrons. The first-order valence-corrected chi connectivity index (χ1v) is 15.4. The molecule has 0 fully saturated rings. The van der Waals surface area contributed by atoms with Crippen molar-refractivity contribution in [3.8, 4) is 11.5 Å². The zero-order valence-electron chi connectivity index (χ0n) is 17.0. The zero-order chi connectivity index (χ0) is 20.9. The normalized spacial score (nSPS) is 19.3. The molecule has 2 nitrogen and oxygen atoms in total.